The molecule has 0 saturated heterocycles. The van der Waals surface area contributed by atoms with Gasteiger partial charge in [-0.3, -0.25) is 16.3 Å². The van der Waals surface area contributed by atoms with E-state index in [1.54, 1.807) is 12.3 Å². The van der Waals surface area contributed by atoms with Crippen LogP contribution in [0.25, 0.3) is 0 Å². The highest BCUT2D eigenvalue weighted by Crippen LogP contribution is 2.37. The molecule has 2 aromatic rings. The quantitative estimate of drug-likeness (QED) is 0.670. The first kappa shape index (κ1) is 14.2. The van der Waals surface area contributed by atoms with Gasteiger partial charge in [-0.15, -0.1) is 0 Å². The lowest BCUT2D eigenvalue weighted by molar-refractivity contribution is 0.406. The Balaban J connectivity index is 1.84. The number of rotatable bonds is 4. The van der Waals surface area contributed by atoms with E-state index >= 15 is 0 Å². The highest BCUT2D eigenvalue weighted by Gasteiger charge is 2.25. The van der Waals surface area contributed by atoms with Crippen LogP contribution in [0.2, 0.25) is 0 Å². The number of nitrogens with zero attached hydrogens (tertiary/aromatic N) is 1. The summed E-state index contributed by atoms with van der Waals surface area (Å²) >= 11 is 0. The molecule has 1 aliphatic carbocycles. The average Bonchev–Trinajstić information content (AvgIpc) is 2.53. The van der Waals surface area contributed by atoms with Crippen molar-refractivity contribution in [3.8, 4) is 0 Å². The van der Waals surface area contributed by atoms with Crippen LogP contribution in [0.1, 0.15) is 48.0 Å². The molecule has 0 aliphatic heterocycles. The van der Waals surface area contributed by atoms with E-state index in [4.69, 9.17) is 5.84 Å². The van der Waals surface area contributed by atoms with Gasteiger partial charge >= 0.3 is 0 Å². The summed E-state index contributed by atoms with van der Waals surface area (Å²) in [5.74, 6) is 5.75. The molecule has 2 atom stereocenters. The maximum atomic E-state index is 13.9. The number of hydrazine groups is 1. The lowest BCUT2D eigenvalue weighted by Crippen LogP contribution is -2.31. The zero-order valence-corrected chi connectivity index (χ0v) is 11.9. The summed E-state index contributed by atoms with van der Waals surface area (Å²) < 4.78 is 13.9. The lowest BCUT2D eigenvalue weighted by Gasteiger charge is -2.28. The van der Waals surface area contributed by atoms with Crippen molar-refractivity contribution in [2.75, 3.05) is 0 Å². The smallest absolute Gasteiger partial charge is 0.146 e. The van der Waals surface area contributed by atoms with Gasteiger partial charge in [0.15, 0.2) is 0 Å². The monoisotopic (exact) mass is 285 g/mol. The Hall–Kier alpha value is -1.78. The van der Waals surface area contributed by atoms with E-state index in [9.17, 15) is 4.39 Å². The average molecular weight is 285 g/mol. The van der Waals surface area contributed by atoms with Crippen molar-refractivity contribution >= 4 is 0 Å². The Morgan fingerprint density at radius 2 is 2.14 bits per heavy atom. The van der Waals surface area contributed by atoms with Crippen molar-refractivity contribution in [3.05, 3.63) is 65.2 Å². The molecule has 0 spiro atoms. The number of hydrogen-bond donors (Lipinski definition) is 2. The molecule has 0 fully saturated rings. The normalized spacial score (nSPS) is 19.0. The van der Waals surface area contributed by atoms with Crippen LogP contribution in [0.15, 0.2) is 42.6 Å². The third-order valence-electron chi connectivity index (χ3n) is 4.33. The van der Waals surface area contributed by atoms with Crippen LogP contribution >= 0.6 is 0 Å². The highest BCUT2D eigenvalue weighted by molar-refractivity contribution is 5.33. The summed E-state index contributed by atoms with van der Waals surface area (Å²) in [5.41, 5.74) is 5.92. The Morgan fingerprint density at radius 1 is 1.29 bits per heavy atom. The van der Waals surface area contributed by atoms with Crippen molar-refractivity contribution < 1.29 is 4.39 Å². The van der Waals surface area contributed by atoms with Crippen LogP contribution in [0.3, 0.4) is 0 Å². The van der Waals surface area contributed by atoms with E-state index < -0.39 is 0 Å². The van der Waals surface area contributed by atoms with Crippen molar-refractivity contribution in [2.45, 2.75) is 37.6 Å². The molecule has 1 aromatic heterocycles. The third-order valence-corrected chi connectivity index (χ3v) is 4.33. The summed E-state index contributed by atoms with van der Waals surface area (Å²) in [6, 6.07) is 11.3. The summed E-state index contributed by atoms with van der Waals surface area (Å²) in [5, 5.41) is 0. The first-order valence-electron chi connectivity index (χ1n) is 7.44. The predicted octanol–water partition coefficient (Wildman–Crippen LogP) is 3.24. The highest BCUT2D eigenvalue weighted by atomic mass is 19.1. The van der Waals surface area contributed by atoms with Crippen molar-refractivity contribution in [2.24, 2.45) is 5.84 Å². The number of fused-ring (bicyclic) bond motifs is 1. The molecule has 2 unspecified atom stereocenters. The van der Waals surface area contributed by atoms with Gasteiger partial charge < -0.3 is 0 Å². The Labute approximate surface area is 124 Å². The van der Waals surface area contributed by atoms with E-state index in [1.165, 1.54) is 23.6 Å². The van der Waals surface area contributed by atoms with Gasteiger partial charge in [0.05, 0.1) is 11.7 Å². The van der Waals surface area contributed by atoms with E-state index in [0.717, 1.165) is 19.3 Å². The van der Waals surface area contributed by atoms with Crippen LogP contribution in [-0.4, -0.2) is 4.98 Å². The standard InChI is InChI=1S/C17H20FN3/c18-15-9-4-10-20-17(15)16(21-19)11-13-7-3-6-12-5-1-2-8-14(12)13/h1-2,4-5,8-10,13,16,21H,3,6-7,11,19H2. The second-order valence-electron chi connectivity index (χ2n) is 5.61. The summed E-state index contributed by atoms with van der Waals surface area (Å²) in [4.78, 5) is 4.15. The fourth-order valence-electron chi connectivity index (χ4n) is 3.30. The number of aryl methyl sites for hydroxylation is 1. The minimum absolute atomic E-state index is 0.262. The van der Waals surface area contributed by atoms with Crippen molar-refractivity contribution in [3.63, 3.8) is 0 Å². The van der Waals surface area contributed by atoms with E-state index in [-0.39, 0.29) is 11.9 Å². The van der Waals surface area contributed by atoms with E-state index in [0.29, 0.717) is 11.6 Å². The van der Waals surface area contributed by atoms with Crippen LogP contribution in [-0.2, 0) is 6.42 Å². The van der Waals surface area contributed by atoms with E-state index in [2.05, 4.69) is 34.7 Å². The molecule has 1 aromatic carbocycles. The second kappa shape index (κ2) is 6.33. The van der Waals surface area contributed by atoms with Crippen LogP contribution in [0.4, 0.5) is 4.39 Å². The largest absolute Gasteiger partial charge is 0.271 e. The van der Waals surface area contributed by atoms with Gasteiger partial charge in [0.1, 0.15) is 5.82 Å². The second-order valence-corrected chi connectivity index (χ2v) is 5.61. The van der Waals surface area contributed by atoms with Gasteiger partial charge in [-0.2, -0.15) is 0 Å². The topological polar surface area (TPSA) is 50.9 Å². The maximum absolute atomic E-state index is 13.9. The number of hydrogen-bond acceptors (Lipinski definition) is 3. The summed E-state index contributed by atoms with van der Waals surface area (Å²) in [7, 11) is 0. The molecular weight excluding hydrogens is 265 g/mol. The van der Waals surface area contributed by atoms with Gasteiger partial charge in [-0.25, -0.2) is 4.39 Å². The molecule has 0 saturated carbocycles. The molecule has 21 heavy (non-hydrogen) atoms. The number of benzene rings is 1. The Bertz CT molecular complexity index is 614. The zero-order valence-electron chi connectivity index (χ0n) is 11.9. The molecule has 1 aliphatic rings. The maximum Gasteiger partial charge on any atom is 0.146 e. The van der Waals surface area contributed by atoms with Gasteiger partial charge in [0, 0.05) is 6.20 Å². The van der Waals surface area contributed by atoms with E-state index in [1.807, 2.05) is 0 Å². The van der Waals surface area contributed by atoms with Crippen LogP contribution in [0, 0.1) is 5.82 Å². The molecule has 3 nitrogen and oxygen atoms in total. The molecule has 4 heteroatoms. The lowest BCUT2D eigenvalue weighted by atomic mass is 9.79. The molecule has 3 N–H and O–H groups in total. The van der Waals surface area contributed by atoms with Gasteiger partial charge in [-0.05, 0) is 54.9 Å². The molecule has 110 valence electrons. The molecular formula is C17H20FN3. The predicted molar refractivity (Wildman–Crippen MR) is 81.0 cm³/mol. The third kappa shape index (κ3) is 2.96. The molecule has 0 radical (unpaired) electrons. The minimum Gasteiger partial charge on any atom is -0.271 e. The summed E-state index contributed by atoms with van der Waals surface area (Å²) in [6.45, 7) is 0. The SMILES string of the molecule is NNC(CC1CCCc2ccccc21)c1ncccc1F. The fraction of sp³-hybridized carbons (Fsp3) is 0.353. The number of halogens is 1. The van der Waals surface area contributed by atoms with Crippen LogP contribution in [0.5, 0.6) is 0 Å². The van der Waals surface area contributed by atoms with Gasteiger partial charge in [0.25, 0.3) is 0 Å². The number of aromatic nitrogens is 1. The number of pyridine rings is 1. The first-order valence-corrected chi connectivity index (χ1v) is 7.44. The molecule has 3 rings (SSSR count). The molecule has 1 heterocycles. The van der Waals surface area contributed by atoms with Crippen molar-refractivity contribution in [1.82, 2.24) is 10.4 Å². The zero-order chi connectivity index (χ0) is 14.7. The van der Waals surface area contributed by atoms with Gasteiger partial charge in [0.2, 0.25) is 0 Å². The fourth-order valence-corrected chi connectivity index (χ4v) is 3.30. The Morgan fingerprint density at radius 3 is 2.95 bits per heavy atom. The van der Waals surface area contributed by atoms with Crippen LogP contribution < -0.4 is 11.3 Å². The molecule has 0 amide bonds. The minimum atomic E-state index is -0.301. The number of nitrogens with two attached hydrogens (primary N) is 1. The Kier molecular flexibility index (Phi) is 4.27. The first-order chi connectivity index (χ1) is 10.3. The molecule has 0 bridgehead atoms. The summed E-state index contributed by atoms with van der Waals surface area (Å²) in [6.07, 6.45) is 5.79. The van der Waals surface area contributed by atoms with Gasteiger partial charge in [-0.1, -0.05) is 24.3 Å². The number of nitrogens with one attached hydrogen (secondary N) is 1. The van der Waals surface area contributed by atoms with Crippen molar-refractivity contribution in [1.29, 1.82) is 0 Å².